The molecule has 0 aliphatic rings. The maximum atomic E-state index is 6.01. The van der Waals surface area contributed by atoms with Crippen molar-refractivity contribution >= 4 is 23.2 Å². The fraction of sp³-hybridized carbons (Fsp3) is 0.231. The first-order chi connectivity index (χ1) is 8.61. The Morgan fingerprint density at radius 2 is 1.83 bits per heavy atom. The van der Waals surface area contributed by atoms with Gasteiger partial charge in [0.05, 0.1) is 6.61 Å². The molecule has 1 heterocycles. The molecule has 0 amide bonds. The standard InChI is InChI=1S/C13H12Cl2N2O/c1-8-11(14)16-13(17-12(8)15)10-5-3-4-9(6-10)7-18-2/h3-6H,7H2,1-2H3. The van der Waals surface area contributed by atoms with Crippen LogP contribution in [-0.4, -0.2) is 17.1 Å². The van der Waals surface area contributed by atoms with Gasteiger partial charge in [-0.25, -0.2) is 9.97 Å². The number of methoxy groups -OCH3 is 1. The van der Waals surface area contributed by atoms with Gasteiger partial charge in [0, 0.05) is 18.2 Å². The van der Waals surface area contributed by atoms with Crippen molar-refractivity contribution in [2.45, 2.75) is 13.5 Å². The van der Waals surface area contributed by atoms with Gasteiger partial charge in [0.2, 0.25) is 0 Å². The molecule has 0 spiro atoms. The number of rotatable bonds is 3. The van der Waals surface area contributed by atoms with Crippen molar-refractivity contribution in [1.29, 1.82) is 0 Å². The van der Waals surface area contributed by atoms with Gasteiger partial charge in [-0.15, -0.1) is 0 Å². The lowest BCUT2D eigenvalue weighted by atomic mass is 10.1. The normalized spacial score (nSPS) is 10.7. The summed E-state index contributed by atoms with van der Waals surface area (Å²) in [6, 6.07) is 7.77. The van der Waals surface area contributed by atoms with Gasteiger partial charge < -0.3 is 4.74 Å². The molecule has 0 saturated carbocycles. The highest BCUT2D eigenvalue weighted by Gasteiger charge is 2.09. The average Bonchev–Trinajstić information content (AvgIpc) is 2.36. The lowest BCUT2D eigenvalue weighted by molar-refractivity contribution is 0.185. The zero-order chi connectivity index (χ0) is 13.1. The first-order valence-electron chi connectivity index (χ1n) is 5.39. The van der Waals surface area contributed by atoms with E-state index in [9.17, 15) is 0 Å². The first-order valence-corrected chi connectivity index (χ1v) is 6.15. The van der Waals surface area contributed by atoms with Gasteiger partial charge in [-0.2, -0.15) is 0 Å². The monoisotopic (exact) mass is 282 g/mol. The molecule has 0 aliphatic heterocycles. The smallest absolute Gasteiger partial charge is 0.162 e. The third-order valence-corrected chi connectivity index (χ3v) is 3.26. The van der Waals surface area contributed by atoms with Crippen molar-refractivity contribution in [2.75, 3.05) is 7.11 Å². The van der Waals surface area contributed by atoms with Crippen molar-refractivity contribution in [2.24, 2.45) is 0 Å². The van der Waals surface area contributed by atoms with E-state index in [0.717, 1.165) is 11.1 Å². The molecule has 0 N–H and O–H groups in total. The van der Waals surface area contributed by atoms with Gasteiger partial charge in [-0.3, -0.25) is 0 Å². The SMILES string of the molecule is COCc1cccc(-c2nc(Cl)c(C)c(Cl)n2)c1. The number of benzene rings is 1. The largest absolute Gasteiger partial charge is 0.380 e. The van der Waals surface area contributed by atoms with E-state index in [2.05, 4.69) is 9.97 Å². The highest BCUT2D eigenvalue weighted by atomic mass is 35.5. The molecule has 2 rings (SSSR count). The summed E-state index contributed by atoms with van der Waals surface area (Å²) in [6.45, 7) is 2.33. The minimum Gasteiger partial charge on any atom is -0.380 e. The van der Waals surface area contributed by atoms with E-state index in [1.807, 2.05) is 24.3 Å². The van der Waals surface area contributed by atoms with E-state index in [0.29, 0.717) is 28.3 Å². The molecule has 5 heteroatoms. The fourth-order valence-corrected chi connectivity index (χ4v) is 1.95. The molecule has 0 fully saturated rings. The fourth-order valence-electron chi connectivity index (χ4n) is 1.56. The number of nitrogens with zero attached hydrogens (tertiary/aromatic N) is 2. The second-order valence-corrected chi connectivity index (χ2v) is 4.60. The second kappa shape index (κ2) is 5.65. The highest BCUT2D eigenvalue weighted by Crippen LogP contribution is 2.25. The van der Waals surface area contributed by atoms with E-state index in [1.165, 1.54) is 0 Å². The van der Waals surface area contributed by atoms with Crippen molar-refractivity contribution in [3.05, 3.63) is 45.7 Å². The summed E-state index contributed by atoms with van der Waals surface area (Å²) in [5, 5.41) is 0.754. The van der Waals surface area contributed by atoms with E-state index < -0.39 is 0 Å². The first kappa shape index (κ1) is 13.3. The van der Waals surface area contributed by atoms with E-state index in [-0.39, 0.29) is 0 Å². The van der Waals surface area contributed by atoms with Crippen LogP contribution in [0.15, 0.2) is 24.3 Å². The van der Waals surface area contributed by atoms with Crippen LogP contribution in [-0.2, 0) is 11.3 Å². The molecule has 0 unspecified atom stereocenters. The van der Waals surface area contributed by atoms with Gasteiger partial charge in [0.25, 0.3) is 0 Å². The number of ether oxygens (including phenoxy) is 1. The quantitative estimate of drug-likeness (QED) is 0.801. The topological polar surface area (TPSA) is 35.0 Å². The molecule has 3 nitrogen and oxygen atoms in total. The Hall–Kier alpha value is -1.16. The molecule has 18 heavy (non-hydrogen) atoms. The molecule has 0 saturated heterocycles. The summed E-state index contributed by atoms with van der Waals surface area (Å²) >= 11 is 12.0. The van der Waals surface area contributed by atoms with Crippen molar-refractivity contribution in [1.82, 2.24) is 9.97 Å². The van der Waals surface area contributed by atoms with E-state index in [4.69, 9.17) is 27.9 Å². The van der Waals surface area contributed by atoms with Crippen LogP contribution in [0.2, 0.25) is 10.3 Å². The molecule has 0 atom stereocenters. The summed E-state index contributed by atoms with van der Waals surface area (Å²) in [5.74, 6) is 0.522. The van der Waals surface area contributed by atoms with Crippen LogP contribution in [0, 0.1) is 6.92 Å². The van der Waals surface area contributed by atoms with Crippen LogP contribution < -0.4 is 0 Å². The molecule has 1 aromatic carbocycles. The van der Waals surface area contributed by atoms with Crippen molar-refractivity contribution in [3.63, 3.8) is 0 Å². The number of halogens is 2. The maximum Gasteiger partial charge on any atom is 0.162 e. The Morgan fingerprint density at radius 3 is 2.44 bits per heavy atom. The van der Waals surface area contributed by atoms with Crippen LogP contribution in [0.5, 0.6) is 0 Å². The Balaban J connectivity index is 2.45. The van der Waals surface area contributed by atoms with Crippen molar-refractivity contribution in [3.8, 4) is 11.4 Å². The predicted molar refractivity (Wildman–Crippen MR) is 72.9 cm³/mol. The summed E-state index contributed by atoms with van der Waals surface area (Å²) < 4.78 is 5.09. The molecular weight excluding hydrogens is 271 g/mol. The van der Waals surface area contributed by atoms with Gasteiger partial charge in [0.1, 0.15) is 10.3 Å². The minimum atomic E-state index is 0.377. The summed E-state index contributed by atoms with van der Waals surface area (Å²) in [5.41, 5.74) is 2.61. The zero-order valence-electron chi connectivity index (χ0n) is 10.1. The summed E-state index contributed by atoms with van der Waals surface area (Å²) in [7, 11) is 1.66. The van der Waals surface area contributed by atoms with Crippen molar-refractivity contribution < 1.29 is 4.74 Å². The van der Waals surface area contributed by atoms with Crippen LogP contribution >= 0.6 is 23.2 Å². The van der Waals surface area contributed by atoms with Gasteiger partial charge in [-0.1, -0.05) is 41.4 Å². The van der Waals surface area contributed by atoms with Gasteiger partial charge in [-0.05, 0) is 18.6 Å². The van der Waals surface area contributed by atoms with Crippen LogP contribution in [0.4, 0.5) is 0 Å². The predicted octanol–water partition coefficient (Wildman–Crippen LogP) is 3.91. The zero-order valence-corrected chi connectivity index (χ0v) is 11.6. The van der Waals surface area contributed by atoms with E-state index in [1.54, 1.807) is 14.0 Å². The lowest BCUT2D eigenvalue weighted by Gasteiger charge is -2.06. The molecular formula is C13H12Cl2N2O. The summed E-state index contributed by atoms with van der Waals surface area (Å²) in [6.07, 6.45) is 0. The molecule has 0 aliphatic carbocycles. The molecule has 94 valence electrons. The third-order valence-electron chi connectivity index (χ3n) is 2.52. The van der Waals surface area contributed by atoms with Crippen LogP contribution in [0.3, 0.4) is 0 Å². The molecule has 1 aromatic heterocycles. The van der Waals surface area contributed by atoms with E-state index >= 15 is 0 Å². The Morgan fingerprint density at radius 1 is 1.17 bits per heavy atom. The summed E-state index contributed by atoms with van der Waals surface area (Å²) in [4.78, 5) is 8.47. The lowest BCUT2D eigenvalue weighted by Crippen LogP contribution is -1.95. The van der Waals surface area contributed by atoms with Gasteiger partial charge in [0.15, 0.2) is 5.82 Å². The second-order valence-electron chi connectivity index (χ2n) is 3.89. The number of hydrogen-bond acceptors (Lipinski definition) is 3. The van der Waals surface area contributed by atoms with Gasteiger partial charge >= 0.3 is 0 Å². The molecule has 2 aromatic rings. The Bertz CT molecular complexity index is 550. The molecule has 0 radical (unpaired) electrons. The number of hydrogen-bond donors (Lipinski definition) is 0. The third kappa shape index (κ3) is 2.80. The highest BCUT2D eigenvalue weighted by molar-refractivity contribution is 6.34. The van der Waals surface area contributed by atoms with Crippen LogP contribution in [0.1, 0.15) is 11.1 Å². The van der Waals surface area contributed by atoms with Crippen LogP contribution in [0.25, 0.3) is 11.4 Å². The maximum absolute atomic E-state index is 6.01. The number of aromatic nitrogens is 2. The molecule has 0 bridgehead atoms. The minimum absolute atomic E-state index is 0.377. The Labute approximate surface area is 116 Å². The Kier molecular flexibility index (Phi) is 4.17. The average molecular weight is 283 g/mol.